The Kier molecular flexibility index (Phi) is 15.3. The summed E-state index contributed by atoms with van der Waals surface area (Å²) in [5.41, 5.74) is 13.8. The molecule has 0 aliphatic carbocycles. The van der Waals surface area contributed by atoms with E-state index < -0.39 is 0 Å². The van der Waals surface area contributed by atoms with Gasteiger partial charge >= 0.3 is 0 Å². The Morgan fingerprint density at radius 2 is 1.83 bits per heavy atom. The lowest BCUT2D eigenvalue weighted by atomic mass is 10.2. The highest BCUT2D eigenvalue weighted by Gasteiger charge is 2.16. The Bertz CT molecular complexity index is 755. The number of anilines is 1. The molecule has 0 amide bonds. The lowest BCUT2D eigenvalue weighted by Crippen LogP contribution is -2.44. The topological polar surface area (TPSA) is 53.3 Å². The molecule has 0 saturated heterocycles. The fraction of sp³-hybridized carbons (Fsp3) is 0.273. The molecular weight excluding hydrogens is 451 g/mol. The van der Waals surface area contributed by atoms with E-state index in [4.69, 9.17) is 0 Å². The van der Waals surface area contributed by atoms with Gasteiger partial charge in [0, 0.05) is 17.3 Å². The van der Waals surface area contributed by atoms with Gasteiger partial charge in [-0.3, -0.25) is 5.01 Å². The van der Waals surface area contributed by atoms with Gasteiger partial charge in [0.15, 0.2) is 0 Å². The minimum Gasteiger partial charge on any atom is -0.333 e. The first-order valence-corrected chi connectivity index (χ1v) is 11.0. The number of nitrogens with zero attached hydrogens (tertiary/aromatic N) is 1. The van der Waals surface area contributed by atoms with Crippen LogP contribution in [0, 0.1) is 5.82 Å². The second kappa shape index (κ2) is 16.2. The van der Waals surface area contributed by atoms with E-state index in [1.165, 1.54) is 30.3 Å². The Labute approximate surface area is 187 Å². The average Bonchev–Trinajstić information content (AvgIpc) is 2.76. The third kappa shape index (κ3) is 9.14. The first-order chi connectivity index (χ1) is 14.1. The van der Waals surface area contributed by atoms with Crippen LogP contribution in [-0.4, -0.2) is 14.1 Å². The Hall–Kier alpha value is -1.64. The van der Waals surface area contributed by atoms with E-state index in [9.17, 15) is 4.39 Å². The van der Waals surface area contributed by atoms with Crippen molar-refractivity contribution in [1.82, 2.24) is 11.0 Å². The molecule has 0 aromatic heterocycles. The minimum absolute atomic E-state index is 0.260. The first-order valence-electron chi connectivity index (χ1n) is 9.18. The molecule has 2 rings (SSSR count). The highest BCUT2D eigenvalue weighted by Crippen LogP contribution is 2.33. The first kappa shape index (κ1) is 27.4. The molecule has 4 N–H and O–H groups in total. The molecule has 0 unspecified atom stereocenters. The Balaban J connectivity index is 0.00000184. The smallest absolute Gasteiger partial charge is 0.125 e. The van der Waals surface area contributed by atoms with E-state index in [1.54, 1.807) is 24.9 Å². The van der Waals surface area contributed by atoms with Gasteiger partial charge in [-0.2, -0.15) is 5.53 Å². The number of thioether (sulfide) groups is 1. The van der Waals surface area contributed by atoms with Crippen LogP contribution >= 0.6 is 27.7 Å². The molecule has 160 valence electrons. The number of halogens is 2. The van der Waals surface area contributed by atoms with E-state index in [-0.39, 0.29) is 5.82 Å². The second-order valence-corrected chi connectivity index (χ2v) is 7.31. The fourth-order valence-corrected chi connectivity index (χ4v) is 4.08. The molecule has 0 aliphatic heterocycles. The van der Waals surface area contributed by atoms with Gasteiger partial charge in [0.25, 0.3) is 0 Å². The van der Waals surface area contributed by atoms with Crippen LogP contribution in [0.3, 0.4) is 0 Å². The van der Waals surface area contributed by atoms with Crippen molar-refractivity contribution in [2.75, 3.05) is 19.1 Å². The maximum absolute atomic E-state index is 13.7. The van der Waals surface area contributed by atoms with Crippen LogP contribution in [0.2, 0.25) is 0 Å². The van der Waals surface area contributed by atoms with E-state index in [0.717, 1.165) is 27.4 Å². The van der Waals surface area contributed by atoms with Crippen molar-refractivity contribution < 1.29 is 4.39 Å². The number of hydrogen-bond donors (Lipinski definition) is 3. The molecule has 0 bridgehead atoms. The summed E-state index contributed by atoms with van der Waals surface area (Å²) in [5, 5.41) is 2.95. The van der Waals surface area contributed by atoms with Gasteiger partial charge in [0.1, 0.15) is 5.82 Å². The number of nitrogens with one attached hydrogen (secondary N) is 2. The maximum atomic E-state index is 13.7. The second-order valence-electron chi connectivity index (χ2n) is 5.50. The molecule has 7 heteroatoms. The van der Waals surface area contributed by atoms with Crippen LogP contribution in [0.15, 0.2) is 76.8 Å². The van der Waals surface area contributed by atoms with Gasteiger partial charge in [-0.05, 0) is 55.8 Å². The van der Waals surface area contributed by atoms with Gasteiger partial charge < -0.3 is 5.73 Å². The van der Waals surface area contributed by atoms with Crippen LogP contribution < -0.4 is 21.7 Å². The molecule has 2 aromatic rings. The third-order valence-electron chi connectivity index (χ3n) is 3.71. The minimum atomic E-state index is -0.260. The van der Waals surface area contributed by atoms with Crippen LogP contribution in [0.5, 0.6) is 0 Å². The summed E-state index contributed by atoms with van der Waals surface area (Å²) in [4.78, 5) is 0. The zero-order valence-corrected chi connectivity index (χ0v) is 20.0. The van der Waals surface area contributed by atoms with Gasteiger partial charge in [0.2, 0.25) is 0 Å². The average molecular weight is 483 g/mol. The predicted molar refractivity (Wildman–Crippen MR) is 131 cm³/mol. The number of benzene rings is 2. The van der Waals surface area contributed by atoms with Crippen LogP contribution in [0.1, 0.15) is 25.8 Å². The summed E-state index contributed by atoms with van der Waals surface area (Å²) in [5.74, 6) is 0.551. The number of nitrogens with two attached hydrogens (primary N) is 1. The molecule has 0 heterocycles. The quantitative estimate of drug-likeness (QED) is 0.318. The number of hydrazine groups is 2. The summed E-state index contributed by atoms with van der Waals surface area (Å²) in [6.45, 7) is 10.2. The highest BCUT2D eigenvalue weighted by molar-refractivity contribution is 9.10. The molecule has 0 atom stereocenters. The molecule has 4 nitrogen and oxygen atoms in total. The van der Waals surface area contributed by atoms with E-state index >= 15 is 0 Å². The summed E-state index contributed by atoms with van der Waals surface area (Å²) < 4.78 is 14.8. The lowest BCUT2D eigenvalue weighted by molar-refractivity contribution is 0.591. The standard InChI is InChI=1S/C19H23BrFN3S.C2H4.CH5N/c1-4-14(2)19(25-13-15-8-5-6-11-18(15)20)24(23-22-3)17-10-7-9-16(21)12-17;2*1-2/h5-12,22-23H,4,13H2,1-3H3;1-2H2;2H2,1H3/b19-14-;;. The molecule has 0 saturated carbocycles. The zero-order valence-electron chi connectivity index (χ0n) is 17.6. The summed E-state index contributed by atoms with van der Waals surface area (Å²) >= 11 is 5.32. The van der Waals surface area contributed by atoms with E-state index in [2.05, 4.69) is 65.7 Å². The molecule has 29 heavy (non-hydrogen) atoms. The zero-order chi connectivity index (χ0) is 22.2. The largest absolute Gasteiger partial charge is 0.333 e. The van der Waals surface area contributed by atoms with Gasteiger partial charge in [-0.1, -0.05) is 47.1 Å². The molecule has 0 fully saturated rings. The normalized spacial score (nSPS) is 10.7. The van der Waals surface area contributed by atoms with Crippen molar-refractivity contribution in [2.45, 2.75) is 26.0 Å². The number of rotatable bonds is 8. The van der Waals surface area contributed by atoms with Crippen LogP contribution in [-0.2, 0) is 5.75 Å². The van der Waals surface area contributed by atoms with Crippen molar-refractivity contribution in [3.63, 3.8) is 0 Å². The maximum Gasteiger partial charge on any atom is 0.125 e. The highest BCUT2D eigenvalue weighted by atomic mass is 79.9. The van der Waals surface area contributed by atoms with Crippen molar-refractivity contribution in [2.24, 2.45) is 5.73 Å². The number of allylic oxidation sites excluding steroid dienone is 1. The fourth-order valence-electron chi connectivity index (χ4n) is 2.25. The third-order valence-corrected chi connectivity index (χ3v) is 5.74. The summed E-state index contributed by atoms with van der Waals surface area (Å²) in [6, 6.07) is 14.8. The molecule has 0 spiro atoms. The van der Waals surface area contributed by atoms with E-state index in [1.807, 2.05) is 29.3 Å². The molecule has 2 aromatic carbocycles. The number of hydrogen-bond acceptors (Lipinski definition) is 5. The predicted octanol–water partition coefficient (Wildman–Crippen LogP) is 5.99. The monoisotopic (exact) mass is 482 g/mol. The van der Waals surface area contributed by atoms with Gasteiger partial charge in [-0.15, -0.1) is 24.9 Å². The van der Waals surface area contributed by atoms with Gasteiger partial charge in [0.05, 0.1) is 10.7 Å². The summed E-state index contributed by atoms with van der Waals surface area (Å²) in [6.07, 6.45) is 0.912. The van der Waals surface area contributed by atoms with Crippen molar-refractivity contribution >= 4 is 33.4 Å². The van der Waals surface area contributed by atoms with Crippen molar-refractivity contribution in [1.29, 1.82) is 0 Å². The van der Waals surface area contributed by atoms with Gasteiger partial charge in [-0.25, -0.2) is 9.82 Å². The lowest BCUT2D eigenvalue weighted by Gasteiger charge is -2.29. The molecule has 0 radical (unpaired) electrons. The summed E-state index contributed by atoms with van der Waals surface area (Å²) in [7, 11) is 3.30. The molecule has 0 aliphatic rings. The van der Waals surface area contributed by atoms with E-state index in [0.29, 0.717) is 0 Å². The Morgan fingerprint density at radius 3 is 2.38 bits per heavy atom. The van der Waals surface area contributed by atoms with Crippen molar-refractivity contribution in [3.8, 4) is 0 Å². The SMILES string of the molecule is C=C.CC/C(C)=C(\SCc1ccccc1Br)N(NNC)c1cccc(F)c1.CN. The Morgan fingerprint density at radius 1 is 1.17 bits per heavy atom. The van der Waals surface area contributed by atoms with Crippen molar-refractivity contribution in [3.05, 3.63) is 88.1 Å². The van der Waals surface area contributed by atoms with Crippen LogP contribution in [0.4, 0.5) is 10.1 Å². The molecular formula is C22H32BrFN4S. The van der Waals surface area contributed by atoms with Crippen LogP contribution in [0.25, 0.3) is 0 Å².